The molecule has 0 spiro atoms. The lowest BCUT2D eigenvalue weighted by Gasteiger charge is -2.15. The first kappa shape index (κ1) is 20.5. The molecule has 2 N–H and O–H groups in total. The van der Waals surface area contributed by atoms with E-state index in [4.69, 9.17) is 0 Å². The van der Waals surface area contributed by atoms with Crippen molar-refractivity contribution in [2.24, 2.45) is 0 Å². The summed E-state index contributed by atoms with van der Waals surface area (Å²) >= 11 is 0. The predicted octanol–water partition coefficient (Wildman–Crippen LogP) is 4.43. The zero-order valence-electron chi connectivity index (χ0n) is 16.0. The van der Waals surface area contributed by atoms with Gasteiger partial charge in [0.05, 0.1) is 10.9 Å². The number of amides is 1. The van der Waals surface area contributed by atoms with Gasteiger partial charge in [-0.2, -0.15) is 0 Å². The standard InChI is InChI=1S/C22H21FN2O3S/c1-15-3-13-21(14-4-15)29(27,28)25-20-11-7-18(8-12-20)22(26)24-16(2)17-5-9-19(23)10-6-17/h3-14,16,25H,1-2H3,(H,24,26)/t16-/m0/s1. The Hall–Kier alpha value is -3.19. The molecule has 0 saturated heterocycles. The van der Waals surface area contributed by atoms with Crippen LogP contribution in [-0.2, 0) is 10.0 Å². The first-order valence-electron chi connectivity index (χ1n) is 9.00. The molecule has 0 aliphatic heterocycles. The number of hydrogen-bond acceptors (Lipinski definition) is 3. The molecule has 0 radical (unpaired) electrons. The molecule has 1 atom stereocenters. The lowest BCUT2D eigenvalue weighted by Crippen LogP contribution is -2.26. The van der Waals surface area contributed by atoms with Crippen LogP contribution in [0.25, 0.3) is 0 Å². The lowest BCUT2D eigenvalue weighted by atomic mass is 10.1. The van der Waals surface area contributed by atoms with E-state index in [0.29, 0.717) is 11.3 Å². The Morgan fingerprint density at radius 1 is 0.897 bits per heavy atom. The van der Waals surface area contributed by atoms with E-state index in [0.717, 1.165) is 11.1 Å². The third-order valence-corrected chi connectivity index (χ3v) is 5.85. The van der Waals surface area contributed by atoms with Crippen molar-refractivity contribution in [3.63, 3.8) is 0 Å². The number of nitrogens with one attached hydrogen (secondary N) is 2. The van der Waals surface area contributed by atoms with Gasteiger partial charge in [0.25, 0.3) is 15.9 Å². The third-order valence-electron chi connectivity index (χ3n) is 4.45. The molecule has 3 aromatic carbocycles. The highest BCUT2D eigenvalue weighted by atomic mass is 32.2. The highest BCUT2D eigenvalue weighted by Crippen LogP contribution is 2.18. The van der Waals surface area contributed by atoms with Crippen molar-refractivity contribution in [2.75, 3.05) is 4.72 Å². The van der Waals surface area contributed by atoms with Crippen molar-refractivity contribution < 1.29 is 17.6 Å². The van der Waals surface area contributed by atoms with Gasteiger partial charge in [0.2, 0.25) is 0 Å². The van der Waals surface area contributed by atoms with E-state index in [1.54, 1.807) is 43.3 Å². The molecular formula is C22H21FN2O3S. The quantitative estimate of drug-likeness (QED) is 0.629. The summed E-state index contributed by atoms with van der Waals surface area (Å²) in [4.78, 5) is 12.6. The molecule has 0 unspecified atom stereocenters. The first-order chi connectivity index (χ1) is 13.7. The normalized spacial score (nSPS) is 12.2. The highest BCUT2D eigenvalue weighted by Gasteiger charge is 2.15. The SMILES string of the molecule is Cc1ccc(S(=O)(=O)Nc2ccc(C(=O)N[C@@H](C)c3ccc(F)cc3)cc2)cc1. The summed E-state index contributed by atoms with van der Waals surface area (Å²) in [6.45, 7) is 3.68. The molecule has 0 saturated carbocycles. The number of anilines is 1. The maximum atomic E-state index is 13.0. The molecule has 3 aromatic rings. The molecule has 1 amide bonds. The van der Waals surface area contributed by atoms with Crippen molar-refractivity contribution in [2.45, 2.75) is 24.8 Å². The second-order valence-electron chi connectivity index (χ2n) is 6.74. The van der Waals surface area contributed by atoms with E-state index in [2.05, 4.69) is 10.0 Å². The Morgan fingerprint density at radius 3 is 2.07 bits per heavy atom. The zero-order valence-corrected chi connectivity index (χ0v) is 16.8. The number of sulfonamides is 1. The zero-order chi connectivity index (χ0) is 21.0. The Morgan fingerprint density at radius 2 is 1.48 bits per heavy atom. The Kier molecular flexibility index (Phi) is 5.98. The van der Waals surface area contributed by atoms with Crippen LogP contribution < -0.4 is 10.0 Å². The number of carbonyl (C=O) groups excluding carboxylic acids is 1. The van der Waals surface area contributed by atoms with Gasteiger partial charge in [-0.25, -0.2) is 12.8 Å². The van der Waals surface area contributed by atoms with Gasteiger partial charge in [-0.3, -0.25) is 9.52 Å². The number of benzene rings is 3. The van der Waals surface area contributed by atoms with Crippen molar-refractivity contribution in [3.8, 4) is 0 Å². The van der Waals surface area contributed by atoms with E-state index >= 15 is 0 Å². The first-order valence-corrected chi connectivity index (χ1v) is 10.5. The molecule has 0 aliphatic rings. The largest absolute Gasteiger partial charge is 0.346 e. The minimum atomic E-state index is -3.70. The van der Waals surface area contributed by atoms with Crippen LogP contribution in [0.3, 0.4) is 0 Å². The van der Waals surface area contributed by atoms with Crippen molar-refractivity contribution >= 4 is 21.6 Å². The van der Waals surface area contributed by atoms with Crippen LogP contribution in [0.15, 0.2) is 77.7 Å². The fourth-order valence-corrected chi connectivity index (χ4v) is 3.79. The fourth-order valence-electron chi connectivity index (χ4n) is 2.74. The number of halogens is 1. The minimum Gasteiger partial charge on any atom is -0.346 e. The summed E-state index contributed by atoms with van der Waals surface area (Å²) in [6.07, 6.45) is 0. The Labute approximate surface area is 169 Å². The van der Waals surface area contributed by atoms with Gasteiger partial charge in [0.1, 0.15) is 5.82 Å². The number of carbonyl (C=O) groups is 1. The maximum absolute atomic E-state index is 13.0. The number of rotatable bonds is 6. The second-order valence-corrected chi connectivity index (χ2v) is 8.43. The van der Waals surface area contributed by atoms with Crippen molar-refractivity contribution in [1.29, 1.82) is 0 Å². The molecule has 0 aliphatic carbocycles. The molecular weight excluding hydrogens is 391 g/mol. The van der Waals surface area contributed by atoms with Crippen LogP contribution in [0.2, 0.25) is 0 Å². The average molecular weight is 412 g/mol. The van der Waals surface area contributed by atoms with Crippen LogP contribution in [0.1, 0.15) is 34.5 Å². The van der Waals surface area contributed by atoms with Gasteiger partial charge in [-0.15, -0.1) is 0 Å². The van der Waals surface area contributed by atoms with Gasteiger partial charge in [0, 0.05) is 11.3 Å². The molecule has 3 rings (SSSR count). The molecule has 150 valence electrons. The number of hydrogen-bond donors (Lipinski definition) is 2. The Balaban J connectivity index is 1.67. The summed E-state index contributed by atoms with van der Waals surface area (Å²) in [5.74, 6) is -0.647. The van der Waals surface area contributed by atoms with E-state index in [9.17, 15) is 17.6 Å². The third kappa shape index (κ3) is 5.20. The second kappa shape index (κ2) is 8.45. The monoisotopic (exact) mass is 412 g/mol. The van der Waals surface area contributed by atoms with Crippen molar-refractivity contribution in [1.82, 2.24) is 5.32 Å². The lowest BCUT2D eigenvalue weighted by molar-refractivity contribution is 0.0940. The molecule has 5 nitrogen and oxygen atoms in total. The highest BCUT2D eigenvalue weighted by molar-refractivity contribution is 7.92. The molecule has 29 heavy (non-hydrogen) atoms. The molecule has 0 aromatic heterocycles. The molecule has 0 fully saturated rings. The summed E-state index contributed by atoms with van der Waals surface area (Å²) in [7, 11) is -3.70. The van der Waals surface area contributed by atoms with Crippen molar-refractivity contribution in [3.05, 3.63) is 95.3 Å². The topological polar surface area (TPSA) is 75.3 Å². The summed E-state index contributed by atoms with van der Waals surface area (Å²) in [5.41, 5.74) is 2.49. The van der Waals surface area contributed by atoms with E-state index in [1.165, 1.54) is 36.4 Å². The van der Waals surface area contributed by atoms with Crippen LogP contribution in [0.4, 0.5) is 10.1 Å². The van der Waals surface area contributed by atoms with E-state index < -0.39 is 10.0 Å². The van der Waals surface area contributed by atoms with Crippen LogP contribution in [-0.4, -0.2) is 14.3 Å². The molecule has 0 bridgehead atoms. The summed E-state index contributed by atoms with van der Waals surface area (Å²) < 4.78 is 40.4. The van der Waals surface area contributed by atoms with E-state index in [-0.39, 0.29) is 22.7 Å². The van der Waals surface area contributed by atoms with Crippen LogP contribution >= 0.6 is 0 Å². The average Bonchev–Trinajstić information content (AvgIpc) is 2.69. The minimum absolute atomic E-state index is 0.165. The molecule has 0 heterocycles. The maximum Gasteiger partial charge on any atom is 0.261 e. The van der Waals surface area contributed by atoms with E-state index in [1.807, 2.05) is 6.92 Å². The van der Waals surface area contributed by atoms with Crippen LogP contribution in [0.5, 0.6) is 0 Å². The summed E-state index contributed by atoms with van der Waals surface area (Å²) in [5, 5.41) is 2.83. The summed E-state index contributed by atoms with van der Waals surface area (Å²) in [6, 6.07) is 18.3. The van der Waals surface area contributed by atoms with Gasteiger partial charge in [-0.05, 0) is 67.9 Å². The molecule has 7 heteroatoms. The van der Waals surface area contributed by atoms with Crippen LogP contribution in [0, 0.1) is 12.7 Å². The van der Waals surface area contributed by atoms with Gasteiger partial charge in [0.15, 0.2) is 0 Å². The van der Waals surface area contributed by atoms with Gasteiger partial charge < -0.3 is 5.32 Å². The van der Waals surface area contributed by atoms with Gasteiger partial charge >= 0.3 is 0 Å². The smallest absolute Gasteiger partial charge is 0.261 e. The fraction of sp³-hybridized carbons (Fsp3) is 0.136. The predicted molar refractivity (Wildman–Crippen MR) is 111 cm³/mol. The number of aryl methyl sites for hydroxylation is 1. The Bertz CT molecular complexity index is 1090. The van der Waals surface area contributed by atoms with Gasteiger partial charge in [-0.1, -0.05) is 29.8 Å².